The number of benzene rings is 2. The molecule has 5 rings (SSSR count). The summed E-state index contributed by atoms with van der Waals surface area (Å²) in [5.41, 5.74) is 14.2. The lowest BCUT2D eigenvalue weighted by Gasteiger charge is -2.63. The zero-order chi connectivity index (χ0) is 31.8. The fourth-order valence-corrected chi connectivity index (χ4v) is 10.0. The molecule has 0 aromatic heterocycles. The molecule has 2 aromatic rings. The van der Waals surface area contributed by atoms with Crippen LogP contribution in [0.3, 0.4) is 0 Å². The lowest BCUT2D eigenvalue weighted by Crippen LogP contribution is -2.60. The number of hydrogen-bond acceptors (Lipinski definition) is 2. The van der Waals surface area contributed by atoms with Gasteiger partial charge in [-0.15, -0.1) is 0 Å². The van der Waals surface area contributed by atoms with Gasteiger partial charge in [-0.05, 0) is 126 Å². The number of Topliss-reactive ketones (excluding diaryl/α,β-unsaturated/α-hetero) is 1. The van der Waals surface area contributed by atoms with Gasteiger partial charge in [-0.1, -0.05) is 95.8 Å². The minimum Gasteiger partial charge on any atom is -0.388 e. The van der Waals surface area contributed by atoms with Crippen molar-refractivity contribution in [3.8, 4) is 11.1 Å². The number of aryl methyl sites for hydroxylation is 2. The van der Waals surface area contributed by atoms with E-state index in [2.05, 4.69) is 111 Å². The number of hydrogen-bond donors (Lipinski definition) is 1. The minimum absolute atomic E-state index is 0.154. The molecule has 0 amide bonds. The van der Waals surface area contributed by atoms with Gasteiger partial charge in [-0.3, -0.25) is 4.79 Å². The van der Waals surface area contributed by atoms with Crippen LogP contribution in [0.2, 0.25) is 0 Å². The van der Waals surface area contributed by atoms with E-state index in [1.807, 2.05) is 13.1 Å². The Labute approximate surface area is 260 Å². The van der Waals surface area contributed by atoms with Gasteiger partial charge in [0.05, 0.1) is 5.41 Å². The first kappa shape index (κ1) is 31.0. The van der Waals surface area contributed by atoms with Crippen LogP contribution in [0.4, 0.5) is 0 Å². The van der Waals surface area contributed by atoms with E-state index in [0.717, 1.165) is 41.7 Å². The molecule has 0 unspecified atom stereocenters. The van der Waals surface area contributed by atoms with Gasteiger partial charge in [-0.2, -0.15) is 0 Å². The van der Waals surface area contributed by atoms with Crippen LogP contribution in [0.1, 0.15) is 89.6 Å². The van der Waals surface area contributed by atoms with Crippen molar-refractivity contribution in [2.45, 2.75) is 81.6 Å². The monoisotopic (exact) mass is 573 g/mol. The number of nitrogens with one attached hydrogen (secondary N) is 1. The molecule has 0 fully saturated rings. The van der Waals surface area contributed by atoms with Gasteiger partial charge in [-0.25, -0.2) is 0 Å². The van der Waals surface area contributed by atoms with E-state index >= 15 is 0 Å². The maximum absolute atomic E-state index is 14.8. The highest BCUT2D eigenvalue weighted by molar-refractivity contribution is 6.08. The molecule has 0 radical (unpaired) electrons. The Balaban J connectivity index is 1.82. The van der Waals surface area contributed by atoms with Crippen LogP contribution < -0.4 is 5.32 Å². The Morgan fingerprint density at radius 1 is 1.09 bits per heavy atom. The van der Waals surface area contributed by atoms with Crippen molar-refractivity contribution in [2.24, 2.45) is 28.1 Å². The second kappa shape index (κ2) is 10.4. The normalized spacial score (nSPS) is 28.5. The number of fused-ring (bicyclic) bond motifs is 3. The molecule has 0 bridgehead atoms. The molecule has 3 aliphatic carbocycles. The third-order valence-electron chi connectivity index (χ3n) is 11.9. The summed E-state index contributed by atoms with van der Waals surface area (Å²) in [7, 11) is 1.87. The van der Waals surface area contributed by atoms with Gasteiger partial charge in [0.25, 0.3) is 0 Å². The molecule has 3 aliphatic rings. The number of likely N-dealkylation sites (N-methyl/N-ethyl adjacent to an activating group) is 1. The summed E-state index contributed by atoms with van der Waals surface area (Å²) >= 11 is 0. The summed E-state index contributed by atoms with van der Waals surface area (Å²) in [6, 6.07) is 11.3. The first-order valence-electron chi connectivity index (χ1n) is 16.0. The third kappa shape index (κ3) is 4.08. The maximum atomic E-state index is 14.8. The Bertz CT molecular complexity index is 1660. The number of allylic oxidation sites excluding steroid dienone is 5. The van der Waals surface area contributed by atoms with Crippen molar-refractivity contribution >= 4 is 17.4 Å². The van der Waals surface area contributed by atoms with E-state index < -0.39 is 5.41 Å². The fourth-order valence-electron chi connectivity index (χ4n) is 10.0. The van der Waals surface area contributed by atoms with Crippen LogP contribution >= 0.6 is 0 Å². The molecule has 0 saturated heterocycles. The third-order valence-corrected chi connectivity index (χ3v) is 11.9. The molecular weight excluding hydrogens is 522 g/mol. The number of ketones is 1. The minimum atomic E-state index is -0.662. The molecule has 0 aliphatic heterocycles. The average molecular weight is 574 g/mol. The van der Waals surface area contributed by atoms with Crippen LogP contribution in [0.5, 0.6) is 0 Å². The summed E-state index contributed by atoms with van der Waals surface area (Å²) in [6.07, 6.45) is 4.76. The first-order valence-corrected chi connectivity index (χ1v) is 16.0. The van der Waals surface area contributed by atoms with Gasteiger partial charge >= 0.3 is 0 Å². The number of carbonyl (C=O) groups excluding carboxylic acids is 1. The highest BCUT2D eigenvalue weighted by Gasteiger charge is 2.65. The van der Waals surface area contributed by atoms with E-state index in [1.54, 1.807) is 0 Å². The van der Waals surface area contributed by atoms with Gasteiger partial charge in [0, 0.05) is 18.3 Å². The van der Waals surface area contributed by atoms with Crippen molar-refractivity contribution in [2.75, 3.05) is 7.05 Å². The molecule has 4 atom stereocenters. The second-order valence-corrected chi connectivity index (χ2v) is 14.5. The van der Waals surface area contributed by atoms with Gasteiger partial charge in [0.15, 0.2) is 5.78 Å². The predicted molar refractivity (Wildman–Crippen MR) is 185 cm³/mol. The Morgan fingerprint density at radius 3 is 2.35 bits per heavy atom. The largest absolute Gasteiger partial charge is 0.388 e. The molecule has 0 saturated carbocycles. The fraction of sp³-hybridized carbons (Fsp3) is 0.439. The van der Waals surface area contributed by atoms with E-state index in [0.29, 0.717) is 5.92 Å². The van der Waals surface area contributed by atoms with Crippen LogP contribution in [0.25, 0.3) is 22.8 Å². The molecule has 2 aromatic carbocycles. The van der Waals surface area contributed by atoms with Crippen LogP contribution in [-0.4, -0.2) is 12.8 Å². The zero-order valence-electron chi connectivity index (χ0n) is 28.3. The molecule has 1 N–H and O–H groups in total. The lowest BCUT2D eigenvalue weighted by molar-refractivity contribution is -0.137. The van der Waals surface area contributed by atoms with Crippen molar-refractivity contribution in [1.82, 2.24) is 5.32 Å². The van der Waals surface area contributed by atoms with Crippen molar-refractivity contribution in [3.63, 3.8) is 0 Å². The Hall–Kier alpha value is -3.39. The van der Waals surface area contributed by atoms with Gasteiger partial charge in [0.1, 0.15) is 0 Å². The van der Waals surface area contributed by atoms with E-state index in [-0.39, 0.29) is 22.5 Å². The van der Waals surface area contributed by atoms with Gasteiger partial charge in [0.2, 0.25) is 0 Å². The highest BCUT2D eigenvalue weighted by atomic mass is 16.1. The predicted octanol–water partition coefficient (Wildman–Crippen LogP) is 10.1. The molecule has 2 nitrogen and oxygen atoms in total. The Morgan fingerprint density at radius 2 is 1.77 bits per heavy atom. The van der Waals surface area contributed by atoms with Crippen molar-refractivity contribution < 1.29 is 4.79 Å². The summed E-state index contributed by atoms with van der Waals surface area (Å²) in [5.74, 6) is 0.820. The average Bonchev–Trinajstić information content (AvgIpc) is 2.94. The molecule has 0 heterocycles. The zero-order valence-corrected chi connectivity index (χ0v) is 28.3. The second-order valence-electron chi connectivity index (χ2n) is 14.5. The SMILES string of the molecule is C=Cc1ccc(CC)c(-c2ccc(C)c3c2C[C@@]2(C)C[C@@]4(C)[C@H](C(C)C)C(C)=C(C(=C)NC)C(=O)[C@@]4(C)C(C)=C2C3=C)c1. The molecule has 2 heteroatoms. The van der Waals surface area contributed by atoms with E-state index in [9.17, 15) is 4.79 Å². The van der Waals surface area contributed by atoms with Crippen molar-refractivity contribution in [1.29, 1.82) is 0 Å². The summed E-state index contributed by atoms with van der Waals surface area (Å²) in [6.45, 7) is 33.8. The highest BCUT2D eigenvalue weighted by Crippen LogP contribution is 2.70. The number of carbonyl (C=O) groups is 1. The quantitative estimate of drug-likeness (QED) is 0.372. The standard InChI is InChI=1S/C41H51NO/c1-14-29-17-18-30(15-2)32(20-29)31-19-16-24(5)34-25(6)37-27(8)41(12)38(43)35(28(9)42-13)26(7)36(23(3)4)40(41,11)22-39(37,10)21-33(31)34/h14,16-20,23,36,42H,1,6,9,15,21-22H2,2-5,7-8,10-13H3/t36-,39+,40+,41-/m1/s1. The van der Waals surface area contributed by atoms with Crippen LogP contribution in [0.15, 0.2) is 78.1 Å². The summed E-state index contributed by atoms with van der Waals surface area (Å²) in [4.78, 5) is 14.8. The topological polar surface area (TPSA) is 29.1 Å². The summed E-state index contributed by atoms with van der Waals surface area (Å²) in [5, 5.41) is 3.21. The smallest absolute Gasteiger partial charge is 0.175 e. The van der Waals surface area contributed by atoms with Crippen molar-refractivity contribution in [3.05, 3.63) is 106 Å². The van der Waals surface area contributed by atoms with E-state index in [1.165, 1.54) is 50.1 Å². The molecular formula is C41H51NO. The first-order chi connectivity index (χ1) is 20.1. The van der Waals surface area contributed by atoms with Crippen LogP contribution in [-0.2, 0) is 17.6 Å². The molecule has 0 spiro atoms. The Kier molecular flexibility index (Phi) is 7.48. The molecule has 43 heavy (non-hydrogen) atoms. The summed E-state index contributed by atoms with van der Waals surface area (Å²) < 4.78 is 0. The maximum Gasteiger partial charge on any atom is 0.175 e. The van der Waals surface area contributed by atoms with Crippen LogP contribution in [0, 0.1) is 35.0 Å². The van der Waals surface area contributed by atoms with Gasteiger partial charge < -0.3 is 5.32 Å². The van der Waals surface area contributed by atoms with E-state index in [4.69, 9.17) is 6.58 Å². The molecule has 226 valence electrons. The lowest BCUT2D eigenvalue weighted by atomic mass is 9.39. The number of rotatable bonds is 6.